The topological polar surface area (TPSA) is 54.0 Å². The molecule has 1 atom stereocenters. The molecule has 1 saturated heterocycles. The molecule has 6 heteroatoms. The van der Waals surface area contributed by atoms with Gasteiger partial charge in [0.05, 0.1) is 32.1 Å². The van der Waals surface area contributed by atoms with Crippen molar-refractivity contribution in [3.05, 3.63) is 22.7 Å². The smallest absolute Gasteiger partial charge is 0.143 e. The molecule has 0 aromatic heterocycles. The number of ether oxygens (including phenoxy) is 2. The van der Waals surface area contributed by atoms with Crippen LogP contribution in [-0.4, -0.2) is 62.6 Å². The Morgan fingerprint density at radius 3 is 2.81 bits per heavy atom. The Labute approximate surface area is 130 Å². The van der Waals surface area contributed by atoms with E-state index in [9.17, 15) is 5.11 Å². The number of rotatable bonds is 6. The number of benzene rings is 1. The molecule has 1 heterocycles. The Morgan fingerprint density at radius 2 is 2.14 bits per heavy atom. The van der Waals surface area contributed by atoms with Crippen LogP contribution in [0.3, 0.4) is 0 Å². The third-order valence-electron chi connectivity index (χ3n) is 3.58. The van der Waals surface area contributed by atoms with Gasteiger partial charge in [0.25, 0.3) is 0 Å². The van der Waals surface area contributed by atoms with Gasteiger partial charge >= 0.3 is 0 Å². The van der Waals surface area contributed by atoms with Gasteiger partial charge in [-0.05, 0) is 18.6 Å². The molecule has 1 aromatic rings. The molecule has 0 spiro atoms. The van der Waals surface area contributed by atoms with E-state index in [2.05, 4.69) is 10.2 Å². The summed E-state index contributed by atoms with van der Waals surface area (Å²) in [7, 11) is 1.61. The Balaban J connectivity index is 1.88. The quantitative estimate of drug-likeness (QED) is 0.838. The SMILES string of the molecule is COc1cc(Cl)c(C)cc1NCC(O)CN1CCOCC1. The van der Waals surface area contributed by atoms with Gasteiger partial charge in [0.15, 0.2) is 0 Å². The second-order valence-corrected chi connectivity index (χ2v) is 5.66. The Morgan fingerprint density at radius 1 is 1.43 bits per heavy atom. The molecule has 0 saturated carbocycles. The minimum Gasteiger partial charge on any atom is -0.495 e. The van der Waals surface area contributed by atoms with Gasteiger partial charge in [-0.25, -0.2) is 0 Å². The number of hydrogen-bond donors (Lipinski definition) is 2. The van der Waals surface area contributed by atoms with E-state index in [-0.39, 0.29) is 0 Å². The molecule has 0 aliphatic carbocycles. The lowest BCUT2D eigenvalue weighted by Crippen LogP contribution is -2.42. The molecule has 118 valence electrons. The number of nitrogens with one attached hydrogen (secondary N) is 1. The van der Waals surface area contributed by atoms with Crippen LogP contribution in [0.15, 0.2) is 12.1 Å². The third kappa shape index (κ3) is 4.74. The van der Waals surface area contributed by atoms with Gasteiger partial charge in [-0.15, -0.1) is 0 Å². The molecule has 5 nitrogen and oxygen atoms in total. The predicted molar refractivity (Wildman–Crippen MR) is 84.5 cm³/mol. The van der Waals surface area contributed by atoms with Gasteiger partial charge in [-0.3, -0.25) is 4.90 Å². The number of halogens is 1. The largest absolute Gasteiger partial charge is 0.495 e. The van der Waals surface area contributed by atoms with Crippen LogP contribution >= 0.6 is 11.6 Å². The first-order chi connectivity index (χ1) is 10.1. The van der Waals surface area contributed by atoms with E-state index in [1.54, 1.807) is 13.2 Å². The average Bonchev–Trinajstić information content (AvgIpc) is 2.49. The third-order valence-corrected chi connectivity index (χ3v) is 3.99. The second kappa shape index (κ2) is 7.84. The highest BCUT2D eigenvalue weighted by Gasteiger charge is 2.15. The molecule has 21 heavy (non-hydrogen) atoms. The lowest BCUT2D eigenvalue weighted by molar-refractivity contribution is 0.0171. The highest BCUT2D eigenvalue weighted by molar-refractivity contribution is 6.31. The fraction of sp³-hybridized carbons (Fsp3) is 0.600. The molecular formula is C15H23ClN2O3. The molecule has 2 rings (SSSR count). The maximum Gasteiger partial charge on any atom is 0.143 e. The highest BCUT2D eigenvalue weighted by Crippen LogP contribution is 2.30. The molecule has 1 aliphatic rings. The summed E-state index contributed by atoms with van der Waals surface area (Å²) < 4.78 is 10.6. The Kier molecular flexibility index (Phi) is 6.11. The molecule has 0 radical (unpaired) electrons. The van der Waals surface area contributed by atoms with Gasteiger partial charge < -0.3 is 19.9 Å². The van der Waals surface area contributed by atoms with Crippen molar-refractivity contribution in [1.29, 1.82) is 0 Å². The summed E-state index contributed by atoms with van der Waals surface area (Å²) in [6.07, 6.45) is -0.441. The van der Waals surface area contributed by atoms with Crippen molar-refractivity contribution in [2.24, 2.45) is 0 Å². The van der Waals surface area contributed by atoms with Crippen molar-refractivity contribution in [1.82, 2.24) is 4.90 Å². The molecule has 0 amide bonds. The van der Waals surface area contributed by atoms with E-state index in [0.717, 1.165) is 37.6 Å². The van der Waals surface area contributed by atoms with E-state index in [1.807, 2.05) is 13.0 Å². The van der Waals surface area contributed by atoms with E-state index in [4.69, 9.17) is 21.1 Å². The zero-order valence-corrected chi connectivity index (χ0v) is 13.3. The molecule has 1 aliphatic heterocycles. The van der Waals surface area contributed by atoms with Gasteiger partial charge in [0.2, 0.25) is 0 Å². The van der Waals surface area contributed by atoms with E-state index < -0.39 is 6.10 Å². The summed E-state index contributed by atoms with van der Waals surface area (Å²) >= 11 is 6.08. The summed E-state index contributed by atoms with van der Waals surface area (Å²) in [5.41, 5.74) is 1.82. The number of aliphatic hydroxyl groups excluding tert-OH is 1. The van der Waals surface area contributed by atoms with Crippen molar-refractivity contribution in [3.63, 3.8) is 0 Å². The highest BCUT2D eigenvalue weighted by atomic mass is 35.5. The second-order valence-electron chi connectivity index (χ2n) is 5.25. The number of anilines is 1. The zero-order chi connectivity index (χ0) is 15.2. The lowest BCUT2D eigenvalue weighted by atomic mass is 10.2. The number of β-amino-alcohol motifs (C(OH)–C–C–N with tert-alkyl or cyclic N) is 1. The van der Waals surface area contributed by atoms with E-state index in [0.29, 0.717) is 23.9 Å². The molecule has 1 fully saturated rings. The van der Waals surface area contributed by atoms with Crippen molar-refractivity contribution in [2.75, 3.05) is 51.8 Å². The Hall–Kier alpha value is -1.01. The molecule has 2 N–H and O–H groups in total. The van der Waals surface area contributed by atoms with Crippen molar-refractivity contribution < 1.29 is 14.6 Å². The van der Waals surface area contributed by atoms with Crippen LogP contribution in [0.5, 0.6) is 5.75 Å². The van der Waals surface area contributed by atoms with Crippen LogP contribution in [0.2, 0.25) is 5.02 Å². The molecule has 1 aromatic carbocycles. The van der Waals surface area contributed by atoms with Gasteiger partial charge in [0, 0.05) is 37.3 Å². The summed E-state index contributed by atoms with van der Waals surface area (Å²) in [5.74, 6) is 0.684. The normalized spacial score (nSPS) is 17.5. The number of methoxy groups -OCH3 is 1. The summed E-state index contributed by atoms with van der Waals surface area (Å²) in [6, 6.07) is 3.72. The van der Waals surface area contributed by atoms with Crippen LogP contribution in [0.25, 0.3) is 0 Å². The summed E-state index contributed by atoms with van der Waals surface area (Å²) in [4.78, 5) is 2.21. The zero-order valence-electron chi connectivity index (χ0n) is 12.6. The molecule has 1 unspecified atom stereocenters. The first-order valence-electron chi connectivity index (χ1n) is 7.16. The van der Waals surface area contributed by atoms with Gasteiger partial charge in [-0.2, -0.15) is 0 Å². The van der Waals surface area contributed by atoms with Crippen molar-refractivity contribution >= 4 is 17.3 Å². The number of aryl methyl sites for hydroxylation is 1. The van der Waals surface area contributed by atoms with E-state index >= 15 is 0 Å². The number of hydrogen-bond acceptors (Lipinski definition) is 5. The predicted octanol–water partition coefficient (Wildman–Crippen LogP) is 1.76. The van der Waals surface area contributed by atoms with Crippen LogP contribution in [0.4, 0.5) is 5.69 Å². The minimum absolute atomic E-state index is 0.441. The fourth-order valence-corrected chi connectivity index (χ4v) is 2.50. The Bertz CT molecular complexity index is 464. The standard InChI is InChI=1S/C15H23ClN2O3/c1-11-7-14(15(20-2)8-13(11)16)17-9-12(19)10-18-3-5-21-6-4-18/h7-8,12,17,19H,3-6,9-10H2,1-2H3. The number of aliphatic hydroxyl groups is 1. The first-order valence-corrected chi connectivity index (χ1v) is 7.54. The first kappa shape index (κ1) is 16.4. The molecular weight excluding hydrogens is 292 g/mol. The van der Waals surface area contributed by atoms with Crippen LogP contribution in [-0.2, 0) is 4.74 Å². The summed E-state index contributed by atoms with van der Waals surface area (Å²) in [6.45, 7) is 6.28. The fourth-order valence-electron chi connectivity index (χ4n) is 2.34. The van der Waals surface area contributed by atoms with Crippen molar-refractivity contribution in [3.8, 4) is 5.75 Å². The lowest BCUT2D eigenvalue weighted by Gasteiger charge is -2.28. The van der Waals surface area contributed by atoms with Crippen LogP contribution in [0.1, 0.15) is 5.56 Å². The molecule has 0 bridgehead atoms. The summed E-state index contributed by atoms with van der Waals surface area (Å²) in [5, 5.41) is 14.0. The van der Waals surface area contributed by atoms with Gasteiger partial charge in [0.1, 0.15) is 5.75 Å². The number of morpholine rings is 1. The van der Waals surface area contributed by atoms with Crippen molar-refractivity contribution in [2.45, 2.75) is 13.0 Å². The monoisotopic (exact) mass is 314 g/mol. The maximum atomic E-state index is 10.1. The van der Waals surface area contributed by atoms with E-state index in [1.165, 1.54) is 0 Å². The average molecular weight is 315 g/mol. The van der Waals surface area contributed by atoms with Gasteiger partial charge in [-0.1, -0.05) is 11.6 Å². The van der Waals surface area contributed by atoms with Crippen LogP contribution in [0, 0.1) is 6.92 Å². The minimum atomic E-state index is -0.441. The van der Waals surface area contributed by atoms with Crippen LogP contribution < -0.4 is 10.1 Å². The maximum absolute atomic E-state index is 10.1. The number of nitrogens with zero attached hydrogens (tertiary/aromatic N) is 1.